The molecule has 0 aliphatic carbocycles. The lowest BCUT2D eigenvalue weighted by atomic mass is 10.1. The average Bonchev–Trinajstić information content (AvgIpc) is 2.94. The van der Waals surface area contributed by atoms with E-state index in [1.54, 1.807) is 4.90 Å². The molecular formula is C20H21BrN2O2. The fourth-order valence-corrected chi connectivity index (χ4v) is 3.42. The summed E-state index contributed by atoms with van der Waals surface area (Å²) in [4.78, 5) is 26.7. The van der Waals surface area contributed by atoms with Crippen LogP contribution in [0.4, 0.5) is 11.4 Å². The molecule has 2 amide bonds. The topological polar surface area (TPSA) is 49.4 Å². The Morgan fingerprint density at radius 3 is 2.48 bits per heavy atom. The molecule has 130 valence electrons. The third-order valence-electron chi connectivity index (χ3n) is 4.51. The summed E-state index contributed by atoms with van der Waals surface area (Å²) in [5.74, 6) is -0.448. The van der Waals surface area contributed by atoms with Crippen LogP contribution in [0.3, 0.4) is 0 Å². The molecule has 1 fully saturated rings. The van der Waals surface area contributed by atoms with E-state index >= 15 is 0 Å². The molecule has 0 spiro atoms. The van der Waals surface area contributed by atoms with Gasteiger partial charge < -0.3 is 10.2 Å². The van der Waals surface area contributed by atoms with Gasteiger partial charge in [0.2, 0.25) is 11.8 Å². The van der Waals surface area contributed by atoms with Crippen molar-refractivity contribution in [3.05, 3.63) is 57.6 Å². The minimum absolute atomic E-state index is 0.00563. The highest BCUT2D eigenvalue weighted by atomic mass is 79.9. The molecule has 1 aliphatic rings. The van der Waals surface area contributed by atoms with Gasteiger partial charge in [0, 0.05) is 28.8 Å². The molecule has 0 radical (unpaired) electrons. The number of anilines is 2. The maximum atomic E-state index is 12.6. The van der Waals surface area contributed by atoms with Gasteiger partial charge in [-0.1, -0.05) is 28.1 Å². The van der Waals surface area contributed by atoms with Crippen molar-refractivity contribution in [1.29, 1.82) is 0 Å². The third kappa shape index (κ3) is 3.76. The summed E-state index contributed by atoms with van der Waals surface area (Å²) in [6.07, 6.45) is 0.244. The lowest BCUT2D eigenvalue weighted by molar-refractivity contribution is -0.122. The summed E-state index contributed by atoms with van der Waals surface area (Å²) in [6.45, 7) is 6.39. The number of benzene rings is 2. The van der Waals surface area contributed by atoms with Crippen LogP contribution in [-0.2, 0) is 9.59 Å². The molecule has 2 aromatic carbocycles. The van der Waals surface area contributed by atoms with Crippen molar-refractivity contribution in [2.75, 3.05) is 16.8 Å². The summed E-state index contributed by atoms with van der Waals surface area (Å²) < 4.78 is 1.05. The molecule has 1 aliphatic heterocycles. The minimum Gasteiger partial charge on any atom is -0.326 e. The van der Waals surface area contributed by atoms with Gasteiger partial charge in [0.25, 0.3) is 0 Å². The van der Waals surface area contributed by atoms with Gasteiger partial charge >= 0.3 is 0 Å². The molecule has 3 rings (SSSR count). The highest BCUT2D eigenvalue weighted by molar-refractivity contribution is 9.10. The van der Waals surface area contributed by atoms with Crippen LogP contribution in [0.2, 0.25) is 0 Å². The SMILES string of the molecule is Cc1cccc(N2C[C@@H](C(=O)Nc3cc(C)c(Br)c(C)c3)CC2=O)c1. The van der Waals surface area contributed by atoms with E-state index in [-0.39, 0.29) is 24.2 Å². The highest BCUT2D eigenvalue weighted by Gasteiger charge is 2.35. The number of carbonyl (C=O) groups is 2. The Morgan fingerprint density at radius 2 is 1.84 bits per heavy atom. The zero-order valence-corrected chi connectivity index (χ0v) is 16.2. The number of rotatable bonds is 3. The minimum atomic E-state index is -0.336. The van der Waals surface area contributed by atoms with E-state index in [0.29, 0.717) is 6.54 Å². The molecule has 5 heteroatoms. The zero-order valence-electron chi connectivity index (χ0n) is 14.6. The Kier molecular flexibility index (Phi) is 4.95. The Labute approximate surface area is 156 Å². The maximum Gasteiger partial charge on any atom is 0.229 e. The lowest BCUT2D eigenvalue weighted by Crippen LogP contribution is -2.28. The summed E-state index contributed by atoms with van der Waals surface area (Å²) in [5.41, 5.74) is 4.86. The molecule has 1 atom stereocenters. The van der Waals surface area contributed by atoms with Crippen molar-refractivity contribution in [1.82, 2.24) is 0 Å². The molecule has 25 heavy (non-hydrogen) atoms. The largest absolute Gasteiger partial charge is 0.326 e. The van der Waals surface area contributed by atoms with E-state index in [2.05, 4.69) is 21.2 Å². The van der Waals surface area contributed by atoms with Crippen molar-refractivity contribution >= 4 is 39.1 Å². The first-order valence-corrected chi connectivity index (χ1v) is 9.09. The van der Waals surface area contributed by atoms with Crippen LogP contribution in [-0.4, -0.2) is 18.4 Å². The lowest BCUT2D eigenvalue weighted by Gasteiger charge is -2.17. The predicted molar refractivity (Wildman–Crippen MR) is 104 cm³/mol. The number of aryl methyl sites for hydroxylation is 3. The maximum absolute atomic E-state index is 12.6. The Morgan fingerprint density at radius 1 is 1.16 bits per heavy atom. The standard InChI is InChI=1S/C20H21BrN2O2/c1-12-5-4-6-17(7-12)23-11-15(10-18(23)24)20(25)22-16-8-13(2)19(21)14(3)9-16/h4-9,15H,10-11H2,1-3H3,(H,22,25)/t15-/m0/s1. The van der Waals surface area contributed by atoms with E-state index in [1.165, 1.54) is 0 Å². The van der Waals surface area contributed by atoms with Gasteiger partial charge in [-0.05, 0) is 61.7 Å². The summed E-state index contributed by atoms with van der Waals surface area (Å²) in [5, 5.41) is 2.96. The first kappa shape index (κ1) is 17.7. The number of nitrogens with zero attached hydrogens (tertiary/aromatic N) is 1. The normalized spacial score (nSPS) is 17.0. The Bertz CT molecular complexity index is 824. The number of hydrogen-bond acceptors (Lipinski definition) is 2. The molecule has 1 heterocycles. The van der Waals surface area contributed by atoms with Crippen LogP contribution in [0.1, 0.15) is 23.1 Å². The number of halogens is 1. The summed E-state index contributed by atoms with van der Waals surface area (Å²) >= 11 is 3.53. The predicted octanol–water partition coefficient (Wildman–Crippen LogP) is 4.37. The van der Waals surface area contributed by atoms with Crippen LogP contribution in [0.25, 0.3) is 0 Å². The van der Waals surface area contributed by atoms with Gasteiger partial charge in [-0.25, -0.2) is 0 Å². The van der Waals surface area contributed by atoms with Crippen molar-refractivity contribution < 1.29 is 9.59 Å². The fourth-order valence-electron chi connectivity index (χ4n) is 3.19. The molecule has 4 nitrogen and oxygen atoms in total. The summed E-state index contributed by atoms with van der Waals surface area (Å²) in [7, 11) is 0. The second-order valence-electron chi connectivity index (χ2n) is 6.66. The molecule has 0 saturated carbocycles. The number of carbonyl (C=O) groups excluding carboxylic acids is 2. The Balaban J connectivity index is 1.73. The molecule has 1 N–H and O–H groups in total. The number of nitrogens with one attached hydrogen (secondary N) is 1. The van der Waals surface area contributed by atoms with Gasteiger partial charge in [-0.15, -0.1) is 0 Å². The van der Waals surface area contributed by atoms with Crippen LogP contribution < -0.4 is 10.2 Å². The quantitative estimate of drug-likeness (QED) is 0.831. The van der Waals surface area contributed by atoms with E-state index in [9.17, 15) is 9.59 Å². The van der Waals surface area contributed by atoms with Gasteiger partial charge in [0.05, 0.1) is 5.92 Å². The van der Waals surface area contributed by atoms with E-state index in [4.69, 9.17) is 0 Å². The fraction of sp³-hybridized carbons (Fsp3) is 0.300. The Hall–Kier alpha value is -2.14. The molecule has 1 saturated heterocycles. The van der Waals surface area contributed by atoms with Crippen LogP contribution in [0.5, 0.6) is 0 Å². The second-order valence-corrected chi connectivity index (χ2v) is 7.45. The van der Waals surface area contributed by atoms with Crippen molar-refractivity contribution in [2.24, 2.45) is 5.92 Å². The van der Waals surface area contributed by atoms with E-state index in [1.807, 2.05) is 57.2 Å². The molecule has 0 bridgehead atoms. The molecular weight excluding hydrogens is 380 g/mol. The van der Waals surface area contributed by atoms with E-state index in [0.717, 1.165) is 32.5 Å². The van der Waals surface area contributed by atoms with Gasteiger partial charge in [0.1, 0.15) is 0 Å². The average molecular weight is 401 g/mol. The van der Waals surface area contributed by atoms with Gasteiger partial charge in [-0.3, -0.25) is 9.59 Å². The van der Waals surface area contributed by atoms with Gasteiger partial charge in [0.15, 0.2) is 0 Å². The van der Waals surface area contributed by atoms with Crippen LogP contribution in [0.15, 0.2) is 40.9 Å². The van der Waals surface area contributed by atoms with Crippen molar-refractivity contribution in [3.8, 4) is 0 Å². The first-order valence-electron chi connectivity index (χ1n) is 8.30. The number of amides is 2. The molecule has 2 aromatic rings. The van der Waals surface area contributed by atoms with Gasteiger partial charge in [-0.2, -0.15) is 0 Å². The van der Waals surface area contributed by atoms with Crippen LogP contribution in [0, 0.1) is 26.7 Å². The molecule has 0 unspecified atom stereocenters. The second kappa shape index (κ2) is 7.00. The van der Waals surface area contributed by atoms with Crippen LogP contribution >= 0.6 is 15.9 Å². The highest BCUT2D eigenvalue weighted by Crippen LogP contribution is 2.28. The molecule has 0 aromatic heterocycles. The van der Waals surface area contributed by atoms with Crippen molar-refractivity contribution in [2.45, 2.75) is 27.2 Å². The first-order chi connectivity index (χ1) is 11.8. The smallest absolute Gasteiger partial charge is 0.229 e. The zero-order chi connectivity index (χ0) is 18.1. The monoisotopic (exact) mass is 400 g/mol. The number of hydrogen-bond donors (Lipinski definition) is 1. The van der Waals surface area contributed by atoms with E-state index < -0.39 is 0 Å². The van der Waals surface area contributed by atoms with Crippen molar-refractivity contribution in [3.63, 3.8) is 0 Å². The summed E-state index contributed by atoms with van der Waals surface area (Å²) in [6, 6.07) is 11.7. The third-order valence-corrected chi connectivity index (χ3v) is 5.76.